The van der Waals surface area contributed by atoms with Crippen molar-refractivity contribution in [2.45, 2.75) is 37.3 Å². The number of rotatable bonds is 3. The number of halogens is 2. The lowest BCUT2D eigenvalue weighted by atomic mass is 9.94. The van der Waals surface area contributed by atoms with Crippen molar-refractivity contribution in [2.75, 3.05) is 6.61 Å². The van der Waals surface area contributed by atoms with E-state index in [-0.39, 0.29) is 30.7 Å². The van der Waals surface area contributed by atoms with E-state index in [2.05, 4.69) is 24.3 Å². The number of ether oxygens (including phenoxy) is 1. The van der Waals surface area contributed by atoms with Gasteiger partial charge in [0.25, 0.3) is 0 Å². The van der Waals surface area contributed by atoms with Crippen LogP contribution in [-0.4, -0.2) is 29.7 Å². The van der Waals surface area contributed by atoms with Crippen molar-refractivity contribution in [3.8, 4) is 11.1 Å². The van der Waals surface area contributed by atoms with Gasteiger partial charge in [0.2, 0.25) is 0 Å². The fourth-order valence-electron chi connectivity index (χ4n) is 5.73. The van der Waals surface area contributed by atoms with E-state index in [1.54, 1.807) is 4.90 Å². The van der Waals surface area contributed by atoms with Crippen molar-refractivity contribution in [3.63, 3.8) is 0 Å². The van der Waals surface area contributed by atoms with E-state index < -0.39 is 11.6 Å². The summed E-state index contributed by atoms with van der Waals surface area (Å²) in [6, 6.07) is 19.8. The molecule has 3 nitrogen and oxygen atoms in total. The summed E-state index contributed by atoms with van der Waals surface area (Å²) in [7, 11) is 0. The molecule has 0 radical (unpaired) electrons. The Balaban J connectivity index is 1.21. The zero-order chi connectivity index (χ0) is 22.5. The highest BCUT2D eigenvalue weighted by molar-refractivity contribution is 5.79. The molecule has 0 N–H and O–H groups in total. The molecule has 2 heterocycles. The molecule has 2 aliphatic heterocycles. The average Bonchev–Trinajstić information content (AvgIpc) is 3.30. The van der Waals surface area contributed by atoms with Crippen LogP contribution in [0.3, 0.4) is 0 Å². The first-order valence-corrected chi connectivity index (χ1v) is 11.4. The molecule has 3 aliphatic rings. The molecule has 2 bridgehead atoms. The molecule has 2 atom stereocenters. The zero-order valence-electron chi connectivity index (χ0n) is 18.0. The molecular formula is C28H23F2NO2. The third-order valence-corrected chi connectivity index (χ3v) is 7.22. The minimum Gasteiger partial charge on any atom is -0.448 e. The molecule has 1 amide bonds. The highest BCUT2D eigenvalue weighted by Crippen LogP contribution is 2.45. The molecule has 33 heavy (non-hydrogen) atoms. The van der Waals surface area contributed by atoms with E-state index in [4.69, 9.17) is 4.74 Å². The third kappa shape index (κ3) is 3.34. The van der Waals surface area contributed by atoms with Crippen molar-refractivity contribution in [1.82, 2.24) is 4.90 Å². The summed E-state index contributed by atoms with van der Waals surface area (Å²) in [5, 5.41) is 0. The predicted molar refractivity (Wildman–Crippen MR) is 123 cm³/mol. The van der Waals surface area contributed by atoms with Gasteiger partial charge < -0.3 is 4.74 Å². The first-order valence-electron chi connectivity index (χ1n) is 11.4. The Morgan fingerprint density at radius 1 is 0.909 bits per heavy atom. The van der Waals surface area contributed by atoms with Gasteiger partial charge in [-0.15, -0.1) is 0 Å². The molecule has 0 saturated carbocycles. The minimum atomic E-state index is -0.460. The summed E-state index contributed by atoms with van der Waals surface area (Å²) < 4.78 is 33.9. The van der Waals surface area contributed by atoms with E-state index in [9.17, 15) is 13.6 Å². The van der Waals surface area contributed by atoms with Gasteiger partial charge in [-0.1, -0.05) is 54.6 Å². The first kappa shape index (κ1) is 20.2. The molecule has 1 aliphatic carbocycles. The smallest absolute Gasteiger partial charge is 0.410 e. The molecule has 5 heteroatoms. The summed E-state index contributed by atoms with van der Waals surface area (Å²) in [6.45, 7) is 0.276. The number of hydrogen-bond donors (Lipinski definition) is 0. The van der Waals surface area contributed by atoms with Crippen LogP contribution in [0.15, 0.2) is 72.8 Å². The molecule has 166 valence electrons. The minimum absolute atomic E-state index is 0.0105. The van der Waals surface area contributed by atoms with Gasteiger partial charge in [0.05, 0.1) is 6.04 Å². The van der Waals surface area contributed by atoms with E-state index in [0.29, 0.717) is 12.0 Å². The average molecular weight is 443 g/mol. The number of fused-ring (bicyclic) bond motifs is 5. The SMILES string of the molecule is O=C(OCC1c2ccccc2-c2ccccc21)N1C2C=C(c3cc(F)ccc3F)CC1CC2. The van der Waals surface area contributed by atoms with Gasteiger partial charge in [-0.2, -0.15) is 0 Å². The molecule has 6 rings (SSSR count). The van der Waals surface area contributed by atoms with Gasteiger partial charge in [-0.25, -0.2) is 13.6 Å². The quantitative estimate of drug-likeness (QED) is 0.460. The van der Waals surface area contributed by atoms with Crippen LogP contribution < -0.4 is 0 Å². The Hall–Kier alpha value is -3.47. The van der Waals surface area contributed by atoms with Crippen LogP contribution in [0.5, 0.6) is 0 Å². The predicted octanol–water partition coefficient (Wildman–Crippen LogP) is 6.53. The van der Waals surface area contributed by atoms with Crippen LogP contribution >= 0.6 is 0 Å². The van der Waals surface area contributed by atoms with Crippen molar-refractivity contribution in [3.05, 3.63) is 101 Å². The van der Waals surface area contributed by atoms with Gasteiger partial charge in [-0.05, 0) is 65.3 Å². The van der Waals surface area contributed by atoms with E-state index >= 15 is 0 Å². The summed E-state index contributed by atoms with van der Waals surface area (Å²) in [5.74, 6) is -0.883. The number of benzene rings is 3. The first-order chi connectivity index (χ1) is 16.1. The van der Waals surface area contributed by atoms with Gasteiger partial charge in [0.15, 0.2) is 0 Å². The summed E-state index contributed by atoms with van der Waals surface area (Å²) in [5.41, 5.74) is 5.80. The standard InChI is InChI=1S/C28H23F2NO2/c29-18-9-12-27(30)25(15-18)17-13-19-10-11-20(14-17)31(19)28(32)33-16-26-23-7-3-1-5-21(23)22-6-2-4-8-24(22)26/h1-9,12-13,15,19-20,26H,10-11,14,16H2. The van der Waals surface area contributed by atoms with Crippen LogP contribution in [0.25, 0.3) is 16.7 Å². The maximum Gasteiger partial charge on any atom is 0.410 e. The lowest BCUT2D eigenvalue weighted by Gasteiger charge is -2.33. The van der Waals surface area contributed by atoms with Crippen LogP contribution in [-0.2, 0) is 4.74 Å². The summed E-state index contributed by atoms with van der Waals surface area (Å²) in [6.07, 6.45) is 3.70. The third-order valence-electron chi connectivity index (χ3n) is 7.22. The molecule has 1 fully saturated rings. The Morgan fingerprint density at radius 3 is 2.30 bits per heavy atom. The normalized spacial score (nSPS) is 20.9. The topological polar surface area (TPSA) is 29.5 Å². The molecule has 0 spiro atoms. The molecular weight excluding hydrogens is 420 g/mol. The summed E-state index contributed by atoms with van der Waals surface area (Å²) in [4.78, 5) is 14.9. The van der Waals surface area contributed by atoms with Crippen LogP contribution in [0, 0.1) is 11.6 Å². The Morgan fingerprint density at radius 2 is 1.61 bits per heavy atom. The Kier molecular flexibility index (Phi) is 4.79. The maximum absolute atomic E-state index is 14.3. The van der Waals surface area contributed by atoms with Gasteiger partial charge >= 0.3 is 6.09 Å². The maximum atomic E-state index is 14.3. The number of nitrogens with zero attached hydrogens (tertiary/aromatic N) is 1. The highest BCUT2D eigenvalue weighted by atomic mass is 19.1. The van der Waals surface area contributed by atoms with Crippen LogP contribution in [0.4, 0.5) is 13.6 Å². The molecule has 2 unspecified atom stereocenters. The second kappa shape index (κ2) is 7.84. The second-order valence-corrected chi connectivity index (χ2v) is 9.03. The van der Waals surface area contributed by atoms with Crippen molar-refractivity contribution in [2.24, 2.45) is 0 Å². The van der Waals surface area contributed by atoms with Crippen LogP contribution in [0.2, 0.25) is 0 Å². The lowest BCUT2D eigenvalue weighted by molar-refractivity contribution is 0.0866. The number of hydrogen-bond acceptors (Lipinski definition) is 2. The number of amides is 1. The molecule has 1 saturated heterocycles. The lowest BCUT2D eigenvalue weighted by Crippen LogP contribution is -2.43. The van der Waals surface area contributed by atoms with Crippen LogP contribution in [0.1, 0.15) is 41.9 Å². The highest BCUT2D eigenvalue weighted by Gasteiger charge is 2.41. The van der Waals surface area contributed by atoms with Crippen molar-refractivity contribution < 1.29 is 18.3 Å². The zero-order valence-corrected chi connectivity index (χ0v) is 18.0. The van der Waals surface area contributed by atoms with E-state index in [1.165, 1.54) is 28.3 Å². The molecule has 0 aromatic heterocycles. The molecule has 3 aromatic rings. The van der Waals surface area contributed by atoms with Gasteiger partial charge in [0.1, 0.15) is 18.2 Å². The van der Waals surface area contributed by atoms with E-state index in [0.717, 1.165) is 30.5 Å². The molecule has 3 aromatic carbocycles. The van der Waals surface area contributed by atoms with Crippen molar-refractivity contribution in [1.29, 1.82) is 0 Å². The Bertz CT molecular complexity index is 1240. The number of carbonyl (C=O) groups is 1. The van der Waals surface area contributed by atoms with Gasteiger partial charge in [0, 0.05) is 17.5 Å². The van der Waals surface area contributed by atoms with E-state index in [1.807, 2.05) is 30.3 Å². The fraction of sp³-hybridized carbons (Fsp3) is 0.250. The Labute approximate surface area is 191 Å². The summed E-state index contributed by atoms with van der Waals surface area (Å²) >= 11 is 0. The van der Waals surface area contributed by atoms with Crippen molar-refractivity contribution >= 4 is 11.7 Å². The second-order valence-electron chi connectivity index (χ2n) is 9.03. The largest absolute Gasteiger partial charge is 0.448 e. The van der Waals surface area contributed by atoms with Gasteiger partial charge in [-0.3, -0.25) is 4.90 Å². The number of carbonyl (C=O) groups excluding carboxylic acids is 1. The monoisotopic (exact) mass is 443 g/mol. The fourth-order valence-corrected chi connectivity index (χ4v) is 5.73.